The predicted octanol–water partition coefficient (Wildman–Crippen LogP) is 3.07. The summed E-state index contributed by atoms with van der Waals surface area (Å²) in [5.74, 6) is 0.906. The summed E-state index contributed by atoms with van der Waals surface area (Å²) in [6.07, 6.45) is 7.65. The number of aliphatic hydroxyl groups is 1. The first kappa shape index (κ1) is 17.3. The Morgan fingerprint density at radius 3 is 2.46 bits per heavy atom. The van der Waals surface area contributed by atoms with Gasteiger partial charge in [-0.3, -0.25) is 4.90 Å². The number of nitrogens with zero attached hydrogens (tertiary/aromatic N) is 2. The molecule has 1 aromatic rings. The molecular weight excluding hydrogens is 300 g/mol. The quantitative estimate of drug-likeness (QED) is 0.813. The Balaban J connectivity index is 1.42. The second kappa shape index (κ2) is 8.54. The highest BCUT2D eigenvalue weighted by atomic mass is 16.5. The molecule has 1 aromatic carbocycles. The zero-order valence-electron chi connectivity index (χ0n) is 14.8. The van der Waals surface area contributed by atoms with E-state index in [2.05, 4.69) is 28.0 Å². The molecule has 1 unspecified atom stereocenters. The Bertz CT molecular complexity index is 533. The van der Waals surface area contributed by atoms with Gasteiger partial charge < -0.3 is 14.7 Å². The van der Waals surface area contributed by atoms with Gasteiger partial charge in [-0.25, -0.2) is 0 Å². The summed E-state index contributed by atoms with van der Waals surface area (Å²) in [5, 5.41) is 10.4. The fourth-order valence-electron chi connectivity index (χ4n) is 3.68. The highest BCUT2D eigenvalue weighted by molar-refractivity contribution is 5.49. The number of hydrogen-bond acceptors (Lipinski definition) is 4. The lowest BCUT2D eigenvalue weighted by atomic mass is 9.94. The molecule has 0 aromatic heterocycles. The lowest BCUT2D eigenvalue weighted by molar-refractivity contribution is 0.160. The van der Waals surface area contributed by atoms with Crippen LogP contribution in [0.1, 0.15) is 32.1 Å². The largest absolute Gasteiger partial charge is 0.497 e. The third-order valence-corrected chi connectivity index (χ3v) is 5.28. The fraction of sp³-hybridized carbons (Fsp3) is 0.600. The maximum absolute atomic E-state index is 10.4. The number of ether oxygens (including phenoxy) is 1. The average molecular weight is 330 g/mol. The van der Waals surface area contributed by atoms with Crippen LogP contribution in [0, 0.1) is 0 Å². The van der Waals surface area contributed by atoms with E-state index in [-0.39, 0.29) is 6.10 Å². The summed E-state index contributed by atoms with van der Waals surface area (Å²) in [7, 11) is 1.70. The molecule has 24 heavy (non-hydrogen) atoms. The summed E-state index contributed by atoms with van der Waals surface area (Å²) in [6.45, 7) is 5.22. The number of allylic oxidation sites excluding steroid dienone is 1. The lowest BCUT2D eigenvalue weighted by Gasteiger charge is -2.36. The molecular formula is C20H30N2O2. The molecule has 1 N–H and O–H groups in total. The zero-order chi connectivity index (χ0) is 16.8. The van der Waals surface area contributed by atoms with Crippen molar-refractivity contribution in [3.8, 4) is 5.75 Å². The Morgan fingerprint density at radius 1 is 1.08 bits per heavy atom. The molecule has 0 radical (unpaired) electrons. The van der Waals surface area contributed by atoms with Gasteiger partial charge in [-0.2, -0.15) is 0 Å². The summed E-state index contributed by atoms with van der Waals surface area (Å²) in [5.41, 5.74) is 2.54. The molecule has 1 saturated heterocycles. The molecule has 0 saturated carbocycles. The predicted molar refractivity (Wildman–Crippen MR) is 98.8 cm³/mol. The molecule has 1 heterocycles. The molecule has 0 spiro atoms. The van der Waals surface area contributed by atoms with Crippen LogP contribution in [0.15, 0.2) is 35.9 Å². The average Bonchev–Trinajstić information content (AvgIpc) is 2.67. The van der Waals surface area contributed by atoms with Crippen LogP contribution in [0.3, 0.4) is 0 Å². The highest BCUT2D eigenvalue weighted by Gasteiger charge is 2.19. The molecule has 1 atom stereocenters. The number of aliphatic hydroxyl groups excluding tert-OH is 1. The standard InChI is InChI=1S/C20H30N2O2/c1-24-19-9-7-18(8-10-19)22-15-13-21(14-16-22)12-11-20(23)17-5-3-2-4-6-17/h5,7-10,20,23H,2-4,6,11-16H2,1H3. The Kier molecular flexibility index (Phi) is 6.16. The Labute approximate surface area is 145 Å². The lowest BCUT2D eigenvalue weighted by Crippen LogP contribution is -2.47. The van der Waals surface area contributed by atoms with Gasteiger partial charge in [-0.15, -0.1) is 0 Å². The molecule has 1 aliphatic carbocycles. The maximum atomic E-state index is 10.4. The van der Waals surface area contributed by atoms with Crippen molar-refractivity contribution in [2.45, 2.75) is 38.2 Å². The first-order valence-corrected chi connectivity index (χ1v) is 9.24. The van der Waals surface area contributed by atoms with Crippen molar-refractivity contribution in [1.29, 1.82) is 0 Å². The van der Waals surface area contributed by atoms with E-state index in [1.165, 1.54) is 24.1 Å². The third-order valence-electron chi connectivity index (χ3n) is 5.28. The van der Waals surface area contributed by atoms with Crippen molar-refractivity contribution in [2.75, 3.05) is 44.7 Å². The van der Waals surface area contributed by atoms with Crippen LogP contribution in [0.5, 0.6) is 5.75 Å². The van der Waals surface area contributed by atoms with Gasteiger partial charge in [0.25, 0.3) is 0 Å². The number of hydrogen-bond donors (Lipinski definition) is 1. The van der Waals surface area contributed by atoms with Crippen LogP contribution in [0.25, 0.3) is 0 Å². The molecule has 3 rings (SSSR count). The van der Waals surface area contributed by atoms with Gasteiger partial charge in [0, 0.05) is 38.4 Å². The SMILES string of the molecule is COc1ccc(N2CCN(CCC(O)C3=CCCCC3)CC2)cc1. The maximum Gasteiger partial charge on any atom is 0.119 e. The van der Waals surface area contributed by atoms with Gasteiger partial charge >= 0.3 is 0 Å². The molecule has 2 aliphatic rings. The summed E-state index contributed by atoms with van der Waals surface area (Å²) in [4.78, 5) is 4.91. The highest BCUT2D eigenvalue weighted by Crippen LogP contribution is 2.23. The number of benzene rings is 1. The van der Waals surface area contributed by atoms with Crippen LogP contribution in [0.4, 0.5) is 5.69 Å². The Hall–Kier alpha value is -1.52. The molecule has 132 valence electrons. The van der Waals surface area contributed by atoms with E-state index in [1.807, 2.05) is 12.1 Å². The van der Waals surface area contributed by atoms with Crippen molar-refractivity contribution in [1.82, 2.24) is 4.90 Å². The van der Waals surface area contributed by atoms with E-state index in [9.17, 15) is 5.11 Å². The van der Waals surface area contributed by atoms with Crippen LogP contribution in [-0.4, -0.2) is 55.9 Å². The van der Waals surface area contributed by atoms with Crippen molar-refractivity contribution >= 4 is 5.69 Å². The van der Waals surface area contributed by atoms with E-state index < -0.39 is 0 Å². The second-order valence-corrected chi connectivity index (χ2v) is 6.86. The van der Waals surface area contributed by atoms with Gasteiger partial charge in [0.2, 0.25) is 0 Å². The summed E-state index contributed by atoms with van der Waals surface area (Å²) >= 11 is 0. The van der Waals surface area contributed by atoms with Crippen LogP contribution >= 0.6 is 0 Å². The zero-order valence-corrected chi connectivity index (χ0v) is 14.8. The third kappa shape index (κ3) is 4.52. The number of anilines is 1. The first-order chi connectivity index (χ1) is 11.8. The number of methoxy groups -OCH3 is 1. The van der Waals surface area contributed by atoms with Crippen molar-refractivity contribution in [3.63, 3.8) is 0 Å². The summed E-state index contributed by atoms with van der Waals surface area (Å²) < 4.78 is 5.22. The molecule has 0 bridgehead atoms. The van der Waals surface area contributed by atoms with Gasteiger partial charge in [-0.05, 0) is 61.9 Å². The minimum Gasteiger partial charge on any atom is -0.497 e. The first-order valence-electron chi connectivity index (χ1n) is 9.24. The minimum absolute atomic E-state index is 0.232. The van der Waals surface area contributed by atoms with E-state index in [4.69, 9.17) is 4.74 Å². The molecule has 1 fully saturated rings. The van der Waals surface area contributed by atoms with E-state index in [0.29, 0.717) is 0 Å². The topological polar surface area (TPSA) is 35.9 Å². The smallest absolute Gasteiger partial charge is 0.119 e. The minimum atomic E-state index is -0.232. The van der Waals surface area contributed by atoms with E-state index in [1.54, 1.807) is 7.11 Å². The summed E-state index contributed by atoms with van der Waals surface area (Å²) in [6, 6.07) is 8.31. The molecule has 1 aliphatic heterocycles. The normalized spacial score (nSPS) is 20.6. The fourth-order valence-corrected chi connectivity index (χ4v) is 3.68. The molecule has 0 amide bonds. The van der Waals surface area contributed by atoms with Crippen molar-refractivity contribution in [2.24, 2.45) is 0 Å². The molecule has 4 heteroatoms. The second-order valence-electron chi connectivity index (χ2n) is 6.86. The van der Waals surface area contributed by atoms with Crippen LogP contribution < -0.4 is 9.64 Å². The van der Waals surface area contributed by atoms with Crippen molar-refractivity contribution in [3.05, 3.63) is 35.9 Å². The molecule has 4 nitrogen and oxygen atoms in total. The van der Waals surface area contributed by atoms with Crippen LogP contribution in [0.2, 0.25) is 0 Å². The van der Waals surface area contributed by atoms with Gasteiger partial charge in [0.1, 0.15) is 5.75 Å². The number of rotatable bonds is 6. The van der Waals surface area contributed by atoms with E-state index >= 15 is 0 Å². The monoisotopic (exact) mass is 330 g/mol. The Morgan fingerprint density at radius 2 is 1.83 bits per heavy atom. The van der Waals surface area contributed by atoms with E-state index in [0.717, 1.165) is 57.7 Å². The van der Waals surface area contributed by atoms with Crippen molar-refractivity contribution < 1.29 is 9.84 Å². The van der Waals surface area contributed by atoms with Gasteiger partial charge in [0.05, 0.1) is 13.2 Å². The van der Waals surface area contributed by atoms with Crippen LogP contribution in [-0.2, 0) is 0 Å². The van der Waals surface area contributed by atoms with Gasteiger partial charge in [0.15, 0.2) is 0 Å². The van der Waals surface area contributed by atoms with Gasteiger partial charge in [-0.1, -0.05) is 6.08 Å². The number of piperazine rings is 1.